The van der Waals surface area contributed by atoms with Crippen LogP contribution in [0, 0.1) is 6.92 Å². The van der Waals surface area contributed by atoms with Gasteiger partial charge in [0.1, 0.15) is 10.7 Å². The van der Waals surface area contributed by atoms with Gasteiger partial charge in [0.05, 0.1) is 12.1 Å². The van der Waals surface area contributed by atoms with E-state index in [1.165, 1.54) is 0 Å². The highest BCUT2D eigenvalue weighted by molar-refractivity contribution is 7.08. The number of rotatable bonds is 3. The number of aryl methyl sites for hydroxylation is 2. The number of nitrogens with zero attached hydrogens (tertiary/aromatic N) is 4. The van der Waals surface area contributed by atoms with E-state index in [9.17, 15) is 4.79 Å². The molecule has 0 saturated heterocycles. The molecule has 0 aromatic carbocycles. The van der Waals surface area contributed by atoms with Gasteiger partial charge < -0.3 is 4.57 Å². The van der Waals surface area contributed by atoms with Crippen molar-refractivity contribution in [1.29, 1.82) is 0 Å². The number of hydrogen-bond donors (Lipinski definition) is 0. The molecular weight excluding hydrogens is 212 g/mol. The molecule has 0 aliphatic rings. The van der Waals surface area contributed by atoms with Gasteiger partial charge in [0.15, 0.2) is 5.78 Å². The lowest BCUT2D eigenvalue weighted by atomic mass is 10.2. The minimum atomic E-state index is 0.0248. The van der Waals surface area contributed by atoms with E-state index in [0.717, 1.165) is 17.4 Å². The van der Waals surface area contributed by atoms with Crippen LogP contribution in [-0.4, -0.2) is 24.9 Å². The first-order valence-electron chi connectivity index (χ1n) is 4.47. The zero-order valence-corrected chi connectivity index (χ0v) is 9.28. The maximum absolute atomic E-state index is 11.8. The van der Waals surface area contributed by atoms with E-state index in [1.54, 1.807) is 13.1 Å². The molecule has 2 aromatic rings. The fraction of sp³-hybridized carbons (Fsp3) is 0.333. The first kappa shape index (κ1) is 9.97. The molecule has 2 rings (SSSR count). The molecule has 0 bridgehead atoms. The van der Waals surface area contributed by atoms with Gasteiger partial charge in [-0.15, -0.1) is 5.10 Å². The summed E-state index contributed by atoms with van der Waals surface area (Å²) >= 11 is 1.14. The molecule has 0 fully saturated rings. The molecule has 0 atom stereocenters. The zero-order chi connectivity index (χ0) is 10.8. The van der Waals surface area contributed by atoms with Gasteiger partial charge in [-0.1, -0.05) is 4.49 Å². The molecule has 2 aromatic heterocycles. The SMILES string of the molecule is Cc1nnsc1C(=O)Cc1nccn1C. The Morgan fingerprint density at radius 2 is 2.40 bits per heavy atom. The Kier molecular flexibility index (Phi) is 2.59. The summed E-state index contributed by atoms with van der Waals surface area (Å²) in [5.41, 5.74) is 0.694. The smallest absolute Gasteiger partial charge is 0.183 e. The third kappa shape index (κ3) is 1.94. The van der Waals surface area contributed by atoms with Crippen molar-refractivity contribution in [3.05, 3.63) is 28.8 Å². The molecule has 6 heteroatoms. The molecule has 0 aliphatic carbocycles. The highest BCUT2D eigenvalue weighted by Gasteiger charge is 2.15. The first-order chi connectivity index (χ1) is 7.18. The van der Waals surface area contributed by atoms with Crippen LogP contribution in [0.2, 0.25) is 0 Å². The lowest BCUT2D eigenvalue weighted by Crippen LogP contribution is -2.07. The van der Waals surface area contributed by atoms with Crippen LogP contribution >= 0.6 is 11.5 Å². The second-order valence-electron chi connectivity index (χ2n) is 3.24. The van der Waals surface area contributed by atoms with Crippen LogP contribution in [0.3, 0.4) is 0 Å². The Bertz CT molecular complexity index is 488. The molecule has 0 spiro atoms. The van der Waals surface area contributed by atoms with Gasteiger partial charge in [0, 0.05) is 19.4 Å². The van der Waals surface area contributed by atoms with Crippen LogP contribution in [0.25, 0.3) is 0 Å². The molecule has 5 nitrogen and oxygen atoms in total. The van der Waals surface area contributed by atoms with E-state index in [2.05, 4.69) is 14.6 Å². The third-order valence-corrected chi connectivity index (χ3v) is 3.01. The lowest BCUT2D eigenvalue weighted by molar-refractivity contribution is 0.0993. The lowest BCUT2D eigenvalue weighted by Gasteiger charge is -1.99. The molecule has 0 unspecified atom stereocenters. The first-order valence-corrected chi connectivity index (χ1v) is 5.24. The molecule has 0 saturated carbocycles. The fourth-order valence-corrected chi connectivity index (χ4v) is 1.87. The fourth-order valence-electron chi connectivity index (χ4n) is 1.28. The van der Waals surface area contributed by atoms with Gasteiger partial charge in [-0.05, 0) is 18.5 Å². The Morgan fingerprint density at radius 1 is 1.60 bits per heavy atom. The number of hydrogen-bond acceptors (Lipinski definition) is 5. The Labute approximate surface area is 90.9 Å². The maximum Gasteiger partial charge on any atom is 0.183 e. The molecule has 2 heterocycles. The van der Waals surface area contributed by atoms with Gasteiger partial charge >= 0.3 is 0 Å². The summed E-state index contributed by atoms with van der Waals surface area (Å²) in [6.45, 7) is 1.79. The molecular formula is C9H10N4OS. The zero-order valence-electron chi connectivity index (χ0n) is 8.47. The molecule has 78 valence electrons. The number of carbonyl (C=O) groups is 1. The predicted molar refractivity (Wildman–Crippen MR) is 55.9 cm³/mol. The van der Waals surface area contributed by atoms with Gasteiger partial charge in [-0.25, -0.2) is 4.98 Å². The average Bonchev–Trinajstić information content (AvgIpc) is 2.76. The van der Waals surface area contributed by atoms with Gasteiger partial charge in [-0.3, -0.25) is 4.79 Å². The van der Waals surface area contributed by atoms with Crippen LogP contribution < -0.4 is 0 Å². The van der Waals surface area contributed by atoms with Crippen molar-refractivity contribution < 1.29 is 4.79 Å². The van der Waals surface area contributed by atoms with Gasteiger partial charge in [0.25, 0.3) is 0 Å². The van der Waals surface area contributed by atoms with Crippen LogP contribution in [0.15, 0.2) is 12.4 Å². The standard InChI is InChI=1S/C9H10N4OS/c1-6-9(15-12-11-6)7(14)5-8-10-3-4-13(8)2/h3-4H,5H2,1-2H3. The molecule has 0 N–H and O–H groups in total. The summed E-state index contributed by atoms with van der Waals surface area (Å²) in [5, 5.41) is 3.81. The highest BCUT2D eigenvalue weighted by Crippen LogP contribution is 2.12. The number of ketones is 1. The summed E-state index contributed by atoms with van der Waals surface area (Å²) in [6, 6.07) is 0. The Morgan fingerprint density at radius 3 is 2.93 bits per heavy atom. The van der Waals surface area contributed by atoms with Crippen molar-refractivity contribution >= 4 is 17.3 Å². The van der Waals surface area contributed by atoms with E-state index in [-0.39, 0.29) is 5.78 Å². The van der Waals surface area contributed by atoms with Crippen LogP contribution in [-0.2, 0) is 13.5 Å². The number of imidazole rings is 1. The van der Waals surface area contributed by atoms with E-state index in [0.29, 0.717) is 17.0 Å². The van der Waals surface area contributed by atoms with Gasteiger partial charge in [-0.2, -0.15) is 0 Å². The molecule has 15 heavy (non-hydrogen) atoms. The quantitative estimate of drug-likeness (QED) is 0.727. The summed E-state index contributed by atoms with van der Waals surface area (Å²) in [7, 11) is 1.87. The van der Waals surface area contributed by atoms with Crippen LogP contribution in [0.4, 0.5) is 0 Å². The number of aromatic nitrogens is 4. The van der Waals surface area contributed by atoms with Crippen molar-refractivity contribution in [2.24, 2.45) is 7.05 Å². The molecule has 0 aliphatic heterocycles. The largest absolute Gasteiger partial charge is 0.338 e. The van der Waals surface area contributed by atoms with Crippen LogP contribution in [0.1, 0.15) is 21.2 Å². The summed E-state index contributed by atoms with van der Waals surface area (Å²) in [6.07, 6.45) is 3.80. The predicted octanol–water partition coefficient (Wildman–Crippen LogP) is 1.01. The monoisotopic (exact) mass is 222 g/mol. The van der Waals surface area contributed by atoms with E-state index >= 15 is 0 Å². The van der Waals surface area contributed by atoms with E-state index < -0.39 is 0 Å². The Balaban J connectivity index is 2.18. The van der Waals surface area contributed by atoms with Crippen molar-refractivity contribution in [2.75, 3.05) is 0 Å². The molecule has 0 radical (unpaired) electrons. The van der Waals surface area contributed by atoms with Crippen molar-refractivity contribution in [2.45, 2.75) is 13.3 Å². The molecule has 0 amide bonds. The van der Waals surface area contributed by atoms with Crippen molar-refractivity contribution in [3.63, 3.8) is 0 Å². The van der Waals surface area contributed by atoms with Gasteiger partial charge in [0.2, 0.25) is 0 Å². The normalized spacial score (nSPS) is 10.5. The van der Waals surface area contributed by atoms with Crippen LogP contribution in [0.5, 0.6) is 0 Å². The summed E-state index contributed by atoms with van der Waals surface area (Å²) in [5.74, 6) is 0.782. The van der Waals surface area contributed by atoms with Crippen molar-refractivity contribution in [3.8, 4) is 0 Å². The number of carbonyl (C=O) groups excluding carboxylic acids is 1. The van der Waals surface area contributed by atoms with Crippen molar-refractivity contribution in [1.82, 2.24) is 19.1 Å². The second-order valence-corrected chi connectivity index (χ2v) is 4.00. The average molecular weight is 222 g/mol. The minimum absolute atomic E-state index is 0.0248. The highest BCUT2D eigenvalue weighted by atomic mass is 32.1. The van der Waals surface area contributed by atoms with E-state index in [1.807, 2.05) is 17.8 Å². The minimum Gasteiger partial charge on any atom is -0.338 e. The van der Waals surface area contributed by atoms with E-state index in [4.69, 9.17) is 0 Å². The maximum atomic E-state index is 11.8. The second kappa shape index (κ2) is 3.90. The third-order valence-electron chi connectivity index (χ3n) is 2.14. The Hall–Kier alpha value is -1.56. The summed E-state index contributed by atoms with van der Waals surface area (Å²) < 4.78 is 5.57. The summed E-state index contributed by atoms with van der Waals surface area (Å²) in [4.78, 5) is 16.5. The number of Topliss-reactive ketones (excluding diaryl/α,β-unsaturated/α-hetero) is 1. The topological polar surface area (TPSA) is 60.7 Å².